The lowest BCUT2D eigenvalue weighted by atomic mass is 10.0. The topological polar surface area (TPSA) is 71.3 Å². The molecule has 138 valence electrons. The van der Waals surface area contributed by atoms with E-state index in [1.54, 1.807) is 17.8 Å². The van der Waals surface area contributed by atoms with E-state index >= 15 is 0 Å². The van der Waals surface area contributed by atoms with Gasteiger partial charge in [0.1, 0.15) is 4.90 Å². The van der Waals surface area contributed by atoms with Gasteiger partial charge in [-0.05, 0) is 45.8 Å². The number of pyridine rings is 1. The van der Waals surface area contributed by atoms with Gasteiger partial charge in [-0.2, -0.15) is 5.10 Å². The summed E-state index contributed by atoms with van der Waals surface area (Å²) < 4.78 is 28.9. The van der Waals surface area contributed by atoms with Crippen LogP contribution in [0.2, 0.25) is 0 Å². The van der Waals surface area contributed by atoms with E-state index in [1.165, 1.54) is 23.3 Å². The highest BCUT2D eigenvalue weighted by atomic mass is 32.2. The highest BCUT2D eigenvalue weighted by molar-refractivity contribution is 7.89. The van der Waals surface area contributed by atoms with Gasteiger partial charge in [-0.25, -0.2) is 17.7 Å². The average molecular weight is 366 g/mol. The van der Waals surface area contributed by atoms with E-state index in [4.69, 9.17) is 0 Å². The zero-order chi connectivity index (χ0) is 18.2. The van der Waals surface area contributed by atoms with Gasteiger partial charge in [-0.15, -0.1) is 0 Å². The van der Waals surface area contributed by atoms with Crippen LogP contribution in [0.1, 0.15) is 31.4 Å². The van der Waals surface area contributed by atoms with Crippen LogP contribution in [0.15, 0.2) is 17.2 Å². The first-order valence-corrected chi connectivity index (χ1v) is 10.2. The highest BCUT2D eigenvalue weighted by Crippen LogP contribution is 2.23. The number of sulfonamides is 1. The summed E-state index contributed by atoms with van der Waals surface area (Å²) >= 11 is 0. The largest absolute Gasteiger partial charge is 0.303 e. The second kappa shape index (κ2) is 7.01. The Morgan fingerprint density at radius 2 is 2.08 bits per heavy atom. The number of likely N-dealkylation sites (tertiary alicyclic amines) is 1. The van der Waals surface area contributed by atoms with Gasteiger partial charge in [0.05, 0.1) is 5.69 Å². The third-order valence-electron chi connectivity index (χ3n) is 5.24. The summed E-state index contributed by atoms with van der Waals surface area (Å²) in [6.45, 7) is 3.48. The molecule has 3 rings (SSSR count). The Balaban J connectivity index is 1.77. The third kappa shape index (κ3) is 3.56. The quantitative estimate of drug-likeness (QED) is 0.808. The van der Waals surface area contributed by atoms with Crippen LogP contribution in [-0.4, -0.2) is 65.6 Å². The number of piperidine rings is 1. The second-order valence-electron chi connectivity index (χ2n) is 7.00. The van der Waals surface area contributed by atoms with Crippen LogP contribution in [0.3, 0.4) is 0 Å². The predicted octanol–water partition coefficient (Wildman–Crippen LogP) is 1.77. The van der Waals surface area contributed by atoms with Crippen LogP contribution in [0, 0.1) is 6.92 Å². The Morgan fingerprint density at radius 3 is 2.80 bits per heavy atom. The molecule has 1 saturated heterocycles. The molecule has 8 heteroatoms. The van der Waals surface area contributed by atoms with Crippen molar-refractivity contribution in [2.24, 2.45) is 7.05 Å². The molecule has 1 atom stereocenters. The van der Waals surface area contributed by atoms with Gasteiger partial charge in [-0.1, -0.05) is 6.42 Å². The molecule has 3 heterocycles. The Hall–Kier alpha value is -1.51. The maximum atomic E-state index is 12.9. The molecule has 0 N–H and O–H groups in total. The van der Waals surface area contributed by atoms with E-state index in [0.29, 0.717) is 18.2 Å². The van der Waals surface area contributed by atoms with Crippen molar-refractivity contribution < 1.29 is 8.42 Å². The number of aryl methyl sites for hydroxylation is 2. The third-order valence-corrected chi connectivity index (χ3v) is 7.07. The normalized spacial score (nSPS) is 19.8. The minimum Gasteiger partial charge on any atom is -0.303 e. The molecule has 1 fully saturated rings. The molecule has 0 amide bonds. The molecule has 0 radical (unpaired) electrons. The maximum absolute atomic E-state index is 12.9. The van der Waals surface area contributed by atoms with Crippen LogP contribution >= 0.6 is 0 Å². The molecular formula is C17H27N5O2S. The maximum Gasteiger partial charge on any atom is 0.244 e. The first-order chi connectivity index (χ1) is 11.8. The number of hydrogen-bond donors (Lipinski definition) is 0. The van der Waals surface area contributed by atoms with Crippen molar-refractivity contribution in [3.8, 4) is 0 Å². The second-order valence-corrected chi connectivity index (χ2v) is 9.04. The van der Waals surface area contributed by atoms with Gasteiger partial charge in [-0.3, -0.25) is 4.68 Å². The number of nitrogens with zero attached hydrogens (tertiary/aromatic N) is 5. The first kappa shape index (κ1) is 18.3. The van der Waals surface area contributed by atoms with Crippen molar-refractivity contribution in [1.82, 2.24) is 24.0 Å². The van der Waals surface area contributed by atoms with E-state index in [9.17, 15) is 8.42 Å². The summed E-state index contributed by atoms with van der Waals surface area (Å²) in [7, 11) is 2.05. The number of aromatic nitrogens is 3. The van der Waals surface area contributed by atoms with E-state index in [0.717, 1.165) is 30.5 Å². The lowest BCUT2D eigenvalue weighted by Crippen LogP contribution is -2.39. The zero-order valence-corrected chi connectivity index (χ0v) is 16.3. The van der Waals surface area contributed by atoms with E-state index in [1.807, 2.05) is 14.0 Å². The minimum absolute atomic E-state index is 0.232. The molecule has 0 saturated carbocycles. The fourth-order valence-electron chi connectivity index (χ4n) is 3.57. The van der Waals surface area contributed by atoms with Crippen LogP contribution in [0.4, 0.5) is 0 Å². The molecule has 1 aliphatic rings. The zero-order valence-electron chi connectivity index (χ0n) is 15.4. The molecule has 0 spiro atoms. The highest BCUT2D eigenvalue weighted by Gasteiger charge is 2.25. The van der Waals surface area contributed by atoms with Crippen molar-refractivity contribution in [1.29, 1.82) is 0 Å². The van der Waals surface area contributed by atoms with Gasteiger partial charge < -0.3 is 4.90 Å². The van der Waals surface area contributed by atoms with Crippen molar-refractivity contribution >= 4 is 21.1 Å². The standard InChI is InChI=1S/C17H27N5O2S/c1-13-16-11-15(12-18-17(16)22(4)19-13)25(23,24)21(3)10-8-14-7-5-6-9-20(14)2/h11-12,14H,5-10H2,1-4H3/t14-/m1/s1. The summed E-state index contributed by atoms with van der Waals surface area (Å²) in [5.41, 5.74) is 1.48. The summed E-state index contributed by atoms with van der Waals surface area (Å²) in [6.07, 6.45) is 5.90. The summed E-state index contributed by atoms with van der Waals surface area (Å²) in [6, 6.07) is 2.15. The summed E-state index contributed by atoms with van der Waals surface area (Å²) in [5.74, 6) is 0. The molecule has 0 bridgehead atoms. The molecule has 0 unspecified atom stereocenters. The van der Waals surface area contributed by atoms with Gasteiger partial charge in [0.15, 0.2) is 5.65 Å². The van der Waals surface area contributed by atoms with Crippen LogP contribution < -0.4 is 0 Å². The van der Waals surface area contributed by atoms with Crippen LogP contribution in [0.5, 0.6) is 0 Å². The summed E-state index contributed by atoms with van der Waals surface area (Å²) in [5, 5.41) is 5.09. The number of rotatable bonds is 5. The fraction of sp³-hybridized carbons (Fsp3) is 0.647. The van der Waals surface area contributed by atoms with Crippen molar-refractivity contribution in [3.63, 3.8) is 0 Å². The monoisotopic (exact) mass is 365 g/mol. The Morgan fingerprint density at radius 1 is 1.32 bits per heavy atom. The van der Waals surface area contributed by atoms with Crippen LogP contribution in [0.25, 0.3) is 11.0 Å². The predicted molar refractivity (Wildman–Crippen MR) is 97.9 cm³/mol. The van der Waals surface area contributed by atoms with Crippen molar-refractivity contribution in [2.75, 3.05) is 27.2 Å². The molecule has 1 aliphatic heterocycles. The molecule has 2 aromatic heterocycles. The molecular weight excluding hydrogens is 338 g/mol. The molecule has 2 aromatic rings. The van der Waals surface area contributed by atoms with Gasteiger partial charge in [0, 0.05) is 38.3 Å². The van der Waals surface area contributed by atoms with Gasteiger partial charge in [0.2, 0.25) is 10.0 Å². The average Bonchev–Trinajstić information content (AvgIpc) is 2.87. The Bertz CT molecular complexity index is 861. The SMILES string of the molecule is Cc1nn(C)c2ncc(S(=O)(=O)N(C)CC[C@H]3CCCCN3C)cc12. The first-order valence-electron chi connectivity index (χ1n) is 8.76. The lowest BCUT2D eigenvalue weighted by Gasteiger charge is -2.33. The molecule has 25 heavy (non-hydrogen) atoms. The minimum atomic E-state index is -3.54. The number of fused-ring (bicyclic) bond motifs is 1. The lowest BCUT2D eigenvalue weighted by molar-refractivity contribution is 0.170. The van der Waals surface area contributed by atoms with Crippen LogP contribution in [-0.2, 0) is 17.1 Å². The fourth-order valence-corrected chi connectivity index (χ4v) is 4.73. The number of hydrogen-bond acceptors (Lipinski definition) is 5. The van der Waals surface area contributed by atoms with E-state index in [-0.39, 0.29) is 4.90 Å². The molecule has 7 nitrogen and oxygen atoms in total. The van der Waals surface area contributed by atoms with Crippen molar-refractivity contribution in [3.05, 3.63) is 18.0 Å². The van der Waals surface area contributed by atoms with E-state index in [2.05, 4.69) is 22.0 Å². The van der Waals surface area contributed by atoms with E-state index < -0.39 is 10.0 Å². The molecule has 0 aliphatic carbocycles. The van der Waals surface area contributed by atoms with Gasteiger partial charge in [0.25, 0.3) is 0 Å². The smallest absolute Gasteiger partial charge is 0.244 e. The summed E-state index contributed by atoms with van der Waals surface area (Å²) in [4.78, 5) is 6.87. The van der Waals surface area contributed by atoms with Crippen molar-refractivity contribution in [2.45, 2.75) is 43.5 Å². The Kier molecular flexibility index (Phi) is 5.13. The Labute approximate surface area is 149 Å². The van der Waals surface area contributed by atoms with Gasteiger partial charge >= 0.3 is 0 Å². The molecule has 0 aromatic carbocycles.